The molecule has 0 spiro atoms. The first-order chi connectivity index (χ1) is 12.8. The fraction of sp³-hybridized carbons (Fsp3) is 0.250. The quantitative estimate of drug-likeness (QED) is 0.708. The second-order valence-electron chi connectivity index (χ2n) is 6.29. The molecule has 1 atom stereocenters. The van der Waals surface area contributed by atoms with Gasteiger partial charge in [-0.05, 0) is 24.4 Å². The van der Waals surface area contributed by atoms with Crippen molar-refractivity contribution in [2.24, 2.45) is 7.05 Å². The lowest BCUT2D eigenvalue weighted by Crippen LogP contribution is -2.26. The van der Waals surface area contributed by atoms with Gasteiger partial charge in [0.15, 0.2) is 5.76 Å². The maximum Gasteiger partial charge on any atom is 0.306 e. The fourth-order valence-electron chi connectivity index (χ4n) is 3.15. The average molecular weight is 369 g/mol. The van der Waals surface area contributed by atoms with Crippen LogP contribution >= 0.6 is 0 Å². The van der Waals surface area contributed by atoms with Crippen LogP contribution in [0.3, 0.4) is 0 Å². The van der Waals surface area contributed by atoms with E-state index in [0.29, 0.717) is 0 Å². The molecule has 1 unspecified atom stereocenters. The number of hydrogen-bond donors (Lipinski definition) is 1. The molecule has 7 nitrogen and oxygen atoms in total. The van der Waals surface area contributed by atoms with Gasteiger partial charge in [-0.1, -0.05) is 18.2 Å². The molecule has 27 heavy (non-hydrogen) atoms. The number of hydrogen-bond acceptors (Lipinski definition) is 6. The van der Waals surface area contributed by atoms with Crippen LogP contribution in [0, 0.1) is 6.92 Å². The summed E-state index contributed by atoms with van der Waals surface area (Å²) in [5.41, 5.74) is -0.0453. The Morgan fingerprint density at radius 3 is 2.67 bits per heavy atom. The van der Waals surface area contributed by atoms with Gasteiger partial charge in [-0.25, -0.2) is 0 Å². The highest BCUT2D eigenvalue weighted by Gasteiger charge is 2.29. The molecular weight excluding hydrogens is 350 g/mol. The van der Waals surface area contributed by atoms with Crippen LogP contribution < -0.4 is 11.0 Å². The van der Waals surface area contributed by atoms with E-state index in [0.717, 1.165) is 17.0 Å². The maximum absolute atomic E-state index is 13.0. The molecule has 1 N–H and O–H groups in total. The molecule has 0 radical (unpaired) electrons. The van der Waals surface area contributed by atoms with Gasteiger partial charge in [-0.2, -0.15) is 0 Å². The third-order valence-corrected chi connectivity index (χ3v) is 4.52. The first kappa shape index (κ1) is 18.4. The molecule has 2 aromatic heterocycles. The van der Waals surface area contributed by atoms with Crippen molar-refractivity contribution >= 4 is 16.9 Å². The van der Waals surface area contributed by atoms with Crippen molar-refractivity contribution in [1.29, 1.82) is 0 Å². The Labute approximate surface area is 154 Å². The van der Waals surface area contributed by atoms with E-state index < -0.39 is 23.1 Å². The molecule has 0 saturated carbocycles. The molecule has 3 rings (SSSR count). The van der Waals surface area contributed by atoms with Crippen LogP contribution in [0.25, 0.3) is 10.9 Å². The molecule has 0 aliphatic carbocycles. The van der Waals surface area contributed by atoms with Crippen molar-refractivity contribution < 1.29 is 19.1 Å². The van der Waals surface area contributed by atoms with Crippen molar-refractivity contribution in [3.8, 4) is 5.75 Å². The van der Waals surface area contributed by atoms with Crippen molar-refractivity contribution in [3.63, 3.8) is 0 Å². The lowest BCUT2D eigenvalue weighted by molar-refractivity contribution is -0.140. The zero-order chi connectivity index (χ0) is 19.7. The zero-order valence-corrected chi connectivity index (χ0v) is 15.2. The minimum absolute atomic E-state index is 0.127. The number of carbonyl (C=O) groups is 1. The summed E-state index contributed by atoms with van der Waals surface area (Å²) in [7, 11) is 2.85. The van der Waals surface area contributed by atoms with Gasteiger partial charge in [0.25, 0.3) is 5.56 Å². The number of methoxy groups -OCH3 is 1. The summed E-state index contributed by atoms with van der Waals surface area (Å²) >= 11 is 0. The number of esters is 1. The van der Waals surface area contributed by atoms with Crippen LogP contribution in [0.1, 0.15) is 29.4 Å². The average Bonchev–Trinajstić information content (AvgIpc) is 2.65. The number of aromatic hydroxyl groups is 1. The summed E-state index contributed by atoms with van der Waals surface area (Å²) in [4.78, 5) is 36.9. The lowest BCUT2D eigenvalue weighted by Gasteiger charge is -2.18. The first-order valence-electron chi connectivity index (χ1n) is 8.32. The summed E-state index contributed by atoms with van der Waals surface area (Å²) in [5.74, 6) is -2.05. The molecule has 1 aromatic carbocycles. The van der Waals surface area contributed by atoms with Crippen LogP contribution in [-0.4, -0.2) is 22.8 Å². The Hall–Kier alpha value is -3.35. The molecule has 0 fully saturated rings. The Bertz CT molecular complexity index is 1140. The Morgan fingerprint density at radius 1 is 1.26 bits per heavy atom. The van der Waals surface area contributed by atoms with Crippen molar-refractivity contribution in [2.45, 2.75) is 19.3 Å². The minimum atomic E-state index is -0.964. The number of rotatable bonds is 4. The molecule has 0 aliphatic heterocycles. The summed E-state index contributed by atoms with van der Waals surface area (Å²) in [6.45, 7) is 1.55. The highest BCUT2D eigenvalue weighted by atomic mass is 16.5. The lowest BCUT2D eigenvalue weighted by atomic mass is 9.92. The van der Waals surface area contributed by atoms with E-state index in [9.17, 15) is 19.5 Å². The zero-order valence-electron chi connectivity index (χ0n) is 15.2. The summed E-state index contributed by atoms with van der Waals surface area (Å²) in [6.07, 6.45) is -0.260. The summed E-state index contributed by atoms with van der Waals surface area (Å²) in [5, 5.41) is 11.0. The van der Waals surface area contributed by atoms with E-state index in [1.54, 1.807) is 26.1 Å². The highest BCUT2D eigenvalue weighted by molar-refractivity contribution is 5.80. The molecule has 0 bridgehead atoms. The summed E-state index contributed by atoms with van der Waals surface area (Å²) < 4.78 is 11.7. The number of aryl methyl sites for hydroxylation is 2. The molecule has 7 heteroatoms. The van der Waals surface area contributed by atoms with Crippen molar-refractivity contribution in [1.82, 2.24) is 4.57 Å². The minimum Gasteiger partial charge on any atom is -0.502 e. The van der Waals surface area contributed by atoms with Crippen LogP contribution in [-0.2, 0) is 16.6 Å². The van der Waals surface area contributed by atoms with Gasteiger partial charge in [-0.3, -0.25) is 14.4 Å². The smallest absolute Gasteiger partial charge is 0.306 e. The van der Waals surface area contributed by atoms with Crippen LogP contribution in [0.15, 0.2) is 50.4 Å². The van der Waals surface area contributed by atoms with E-state index >= 15 is 0 Å². The number of pyridine rings is 1. The topological polar surface area (TPSA) is 98.7 Å². The van der Waals surface area contributed by atoms with Gasteiger partial charge in [0.05, 0.1) is 25.0 Å². The third-order valence-electron chi connectivity index (χ3n) is 4.52. The second-order valence-corrected chi connectivity index (χ2v) is 6.29. The predicted molar refractivity (Wildman–Crippen MR) is 99.0 cm³/mol. The molecule has 0 aliphatic rings. The number of ether oxygens (including phenoxy) is 1. The van der Waals surface area contributed by atoms with E-state index in [4.69, 9.17) is 9.15 Å². The van der Waals surface area contributed by atoms with Crippen LogP contribution in [0.4, 0.5) is 0 Å². The van der Waals surface area contributed by atoms with Gasteiger partial charge in [0.1, 0.15) is 5.76 Å². The monoisotopic (exact) mass is 369 g/mol. The van der Waals surface area contributed by atoms with Crippen LogP contribution in [0.5, 0.6) is 5.75 Å². The number of aromatic nitrogens is 1. The Kier molecular flexibility index (Phi) is 4.85. The first-order valence-corrected chi connectivity index (χ1v) is 8.32. The number of carbonyl (C=O) groups excluding carboxylic acids is 1. The van der Waals surface area contributed by atoms with Gasteiger partial charge in [0, 0.05) is 18.7 Å². The SMILES string of the molecule is COC(=O)CC(c1oc(C)cc(=O)c1O)c1cc2ccccc2n(C)c1=O. The second kappa shape index (κ2) is 7.11. The molecule has 0 saturated heterocycles. The number of para-hydroxylation sites is 1. The normalized spacial score (nSPS) is 12.1. The molecule has 0 amide bonds. The number of fused-ring (bicyclic) bond motifs is 1. The number of nitrogens with zero attached hydrogens (tertiary/aromatic N) is 1. The van der Waals surface area contributed by atoms with Gasteiger partial charge in [0.2, 0.25) is 11.2 Å². The molecule has 3 aromatic rings. The Morgan fingerprint density at radius 2 is 1.96 bits per heavy atom. The highest BCUT2D eigenvalue weighted by Crippen LogP contribution is 2.32. The van der Waals surface area contributed by atoms with Crippen LogP contribution in [0.2, 0.25) is 0 Å². The fourth-order valence-corrected chi connectivity index (χ4v) is 3.15. The maximum atomic E-state index is 13.0. The standard InChI is InChI=1S/C20H19NO6/c1-11-8-16(22)18(24)19(27-11)13(10-17(23)26-3)14-9-12-6-4-5-7-15(12)21(2)20(14)25/h4-9,13,24H,10H2,1-3H3. The molecular formula is C20H19NO6. The number of benzene rings is 1. The summed E-state index contributed by atoms with van der Waals surface area (Å²) in [6, 6.07) is 10.1. The van der Waals surface area contributed by atoms with E-state index in [2.05, 4.69) is 0 Å². The van der Waals surface area contributed by atoms with Gasteiger partial charge in [-0.15, -0.1) is 0 Å². The van der Waals surface area contributed by atoms with Crippen molar-refractivity contribution in [3.05, 3.63) is 74.1 Å². The van der Waals surface area contributed by atoms with Gasteiger partial charge >= 0.3 is 5.97 Å². The van der Waals surface area contributed by atoms with Gasteiger partial charge < -0.3 is 18.8 Å². The molecule has 2 heterocycles. The van der Waals surface area contributed by atoms with E-state index in [-0.39, 0.29) is 29.1 Å². The predicted octanol–water partition coefficient (Wildman–Crippen LogP) is 2.20. The largest absolute Gasteiger partial charge is 0.502 e. The Balaban J connectivity index is 2.31. The molecule has 140 valence electrons. The van der Waals surface area contributed by atoms with E-state index in [1.165, 1.54) is 11.7 Å². The third kappa shape index (κ3) is 3.36. The van der Waals surface area contributed by atoms with E-state index in [1.807, 2.05) is 18.2 Å². The van der Waals surface area contributed by atoms with Crippen molar-refractivity contribution in [2.75, 3.05) is 7.11 Å².